The van der Waals surface area contributed by atoms with Crippen molar-refractivity contribution in [2.24, 2.45) is 5.73 Å². The first-order chi connectivity index (χ1) is 12.3. The number of aliphatic carboxylic acids is 1. The van der Waals surface area contributed by atoms with Gasteiger partial charge in [0.15, 0.2) is 0 Å². The first-order valence-corrected chi connectivity index (χ1v) is 8.37. The Morgan fingerprint density at radius 2 is 2.12 bits per heavy atom. The summed E-state index contributed by atoms with van der Waals surface area (Å²) in [6.07, 6.45) is -1.12. The molecule has 1 saturated heterocycles. The monoisotopic (exact) mass is 372 g/mol. The maximum atomic E-state index is 10.7. The minimum absolute atomic E-state index is 0.253. The highest BCUT2D eigenvalue weighted by atomic mass is 16.6. The van der Waals surface area contributed by atoms with Crippen LogP contribution in [-0.4, -0.2) is 68.9 Å². The third-order valence-corrected chi connectivity index (χ3v) is 4.22. The molecule has 5 atom stereocenters. The van der Waals surface area contributed by atoms with E-state index >= 15 is 0 Å². The molecule has 0 aliphatic carbocycles. The van der Waals surface area contributed by atoms with Gasteiger partial charge in [-0.25, -0.2) is 4.57 Å². The zero-order chi connectivity index (χ0) is 19.3. The topological polar surface area (TPSA) is 188 Å². The summed E-state index contributed by atoms with van der Waals surface area (Å²) in [6.45, 7) is 0.0435. The van der Waals surface area contributed by atoms with Gasteiger partial charge in [-0.05, 0) is 19.3 Å². The molecular formula is C15H26N5O6+. The Balaban J connectivity index is 1.98. The van der Waals surface area contributed by atoms with Crippen LogP contribution in [0.15, 0.2) is 12.3 Å². The van der Waals surface area contributed by atoms with Crippen LogP contribution in [0.3, 0.4) is 0 Å². The Morgan fingerprint density at radius 3 is 2.73 bits per heavy atom. The molecule has 0 amide bonds. The summed E-state index contributed by atoms with van der Waals surface area (Å²) in [5, 5.41) is 41.1. The summed E-state index contributed by atoms with van der Waals surface area (Å²) in [5.41, 5.74) is 11.2. The molecular weight excluding hydrogens is 346 g/mol. The summed E-state index contributed by atoms with van der Waals surface area (Å²) in [4.78, 5) is 14.8. The Hall–Kier alpha value is -2.05. The number of rotatable bonds is 9. The highest BCUT2D eigenvalue weighted by Crippen LogP contribution is 2.26. The van der Waals surface area contributed by atoms with Crippen LogP contribution in [0.4, 0.5) is 11.8 Å². The van der Waals surface area contributed by atoms with Crippen molar-refractivity contribution in [3.05, 3.63) is 12.3 Å². The van der Waals surface area contributed by atoms with Crippen molar-refractivity contribution in [3.8, 4) is 0 Å². The van der Waals surface area contributed by atoms with Crippen LogP contribution >= 0.6 is 0 Å². The number of hydrogen-bond acceptors (Lipinski definition) is 9. The van der Waals surface area contributed by atoms with Crippen molar-refractivity contribution in [1.29, 1.82) is 0 Å². The van der Waals surface area contributed by atoms with E-state index in [0.717, 1.165) is 0 Å². The lowest BCUT2D eigenvalue weighted by atomic mass is 10.1. The largest absolute Gasteiger partial charge is 0.480 e. The Labute approximate surface area is 150 Å². The maximum Gasteiger partial charge on any atom is 0.395 e. The standard InChI is InChI=1S/C15H25N5O6/c16-8(14(24)25)3-1-2-5-18-15-19-10(17)4-6-20(15)13-12(23)11(22)9(7-21)26-13/h4,6,8-9,11-13,21-23H,1-3,5,7,16H2,(H3,17,18,19,24,25)/p+1/t8-,9+,11+,12+,13+/m0/s1. The number of nitrogen functional groups attached to an aromatic ring is 1. The highest BCUT2D eigenvalue weighted by Gasteiger charge is 2.46. The number of unbranched alkanes of at least 4 members (excludes halogenated alkanes) is 1. The van der Waals surface area contributed by atoms with Crippen LogP contribution in [0.25, 0.3) is 0 Å². The van der Waals surface area contributed by atoms with Crippen molar-refractivity contribution in [3.63, 3.8) is 0 Å². The molecule has 9 N–H and O–H groups in total. The van der Waals surface area contributed by atoms with Gasteiger partial charge in [-0.15, -0.1) is 0 Å². The molecule has 11 heteroatoms. The molecule has 0 aromatic carbocycles. The van der Waals surface area contributed by atoms with Gasteiger partial charge in [0.05, 0.1) is 19.3 Å². The lowest BCUT2D eigenvalue weighted by Crippen LogP contribution is -2.48. The molecule has 0 spiro atoms. The van der Waals surface area contributed by atoms with Crippen molar-refractivity contribution >= 4 is 17.7 Å². The molecule has 2 heterocycles. The average Bonchev–Trinajstić information content (AvgIpc) is 2.89. The van der Waals surface area contributed by atoms with E-state index in [1.54, 1.807) is 6.20 Å². The molecule has 1 aromatic heterocycles. The van der Waals surface area contributed by atoms with Crippen molar-refractivity contribution in [1.82, 2.24) is 4.98 Å². The van der Waals surface area contributed by atoms with Crippen LogP contribution < -0.4 is 21.4 Å². The molecule has 0 unspecified atom stereocenters. The number of aliphatic hydroxyl groups is 3. The predicted molar refractivity (Wildman–Crippen MR) is 89.8 cm³/mol. The number of nitrogens with two attached hydrogens (primary N) is 2. The molecule has 11 nitrogen and oxygen atoms in total. The van der Waals surface area contributed by atoms with Gasteiger partial charge in [-0.2, -0.15) is 0 Å². The SMILES string of the molecule is Nc1cc[n+]([C@@H]2O[C@H](CO)[C@@H](O)[C@H]2O)c(NCCCC[C@H](N)C(=O)O)n1. The van der Waals surface area contributed by atoms with Gasteiger partial charge < -0.3 is 36.6 Å². The fourth-order valence-electron chi connectivity index (χ4n) is 2.70. The van der Waals surface area contributed by atoms with Crippen LogP contribution in [0, 0.1) is 0 Å². The Morgan fingerprint density at radius 1 is 1.38 bits per heavy atom. The molecule has 2 rings (SSSR count). The zero-order valence-electron chi connectivity index (χ0n) is 14.2. The van der Waals surface area contributed by atoms with E-state index in [-0.39, 0.29) is 5.82 Å². The average molecular weight is 372 g/mol. The second kappa shape index (κ2) is 9.05. The third-order valence-electron chi connectivity index (χ3n) is 4.22. The van der Waals surface area contributed by atoms with Crippen molar-refractivity contribution in [2.75, 3.05) is 24.2 Å². The van der Waals surface area contributed by atoms with Crippen LogP contribution in [0.5, 0.6) is 0 Å². The molecule has 1 aliphatic rings. The van der Waals surface area contributed by atoms with E-state index in [9.17, 15) is 20.1 Å². The van der Waals surface area contributed by atoms with Gasteiger partial charge in [0.1, 0.15) is 24.4 Å². The summed E-state index contributed by atoms with van der Waals surface area (Å²) < 4.78 is 6.99. The van der Waals surface area contributed by atoms with E-state index < -0.39 is 43.2 Å². The quantitative estimate of drug-likeness (QED) is 0.181. The van der Waals surface area contributed by atoms with Gasteiger partial charge in [0, 0.05) is 6.07 Å². The zero-order valence-corrected chi connectivity index (χ0v) is 14.2. The fraction of sp³-hybridized carbons (Fsp3) is 0.667. The molecule has 1 aliphatic heterocycles. The summed E-state index contributed by atoms with van der Waals surface area (Å²) in [6, 6.07) is 0.635. The number of aliphatic hydroxyl groups excluding tert-OH is 3. The van der Waals surface area contributed by atoms with Gasteiger partial charge in [0.25, 0.3) is 0 Å². The minimum atomic E-state index is -1.24. The first kappa shape index (κ1) is 20.3. The van der Waals surface area contributed by atoms with Crippen LogP contribution in [-0.2, 0) is 9.53 Å². The van der Waals surface area contributed by atoms with E-state index in [2.05, 4.69) is 10.3 Å². The number of carbonyl (C=O) groups is 1. The van der Waals surface area contributed by atoms with Gasteiger partial charge >= 0.3 is 11.9 Å². The Bertz CT molecular complexity index is 618. The van der Waals surface area contributed by atoms with E-state index in [4.69, 9.17) is 21.3 Å². The molecule has 146 valence electrons. The predicted octanol–water partition coefficient (Wildman–Crippen LogP) is -2.44. The number of nitrogens with one attached hydrogen (secondary N) is 1. The van der Waals surface area contributed by atoms with Gasteiger partial charge in [-0.1, -0.05) is 4.98 Å². The maximum absolute atomic E-state index is 10.7. The molecule has 0 radical (unpaired) electrons. The molecule has 1 aromatic rings. The number of carboxylic acid groups (broad SMARTS) is 1. The summed E-state index contributed by atoms with van der Waals surface area (Å²) >= 11 is 0. The van der Waals surface area contributed by atoms with E-state index in [1.807, 2.05) is 0 Å². The number of aromatic nitrogens is 2. The highest BCUT2D eigenvalue weighted by molar-refractivity contribution is 5.72. The second-order valence-electron chi connectivity index (χ2n) is 6.18. The number of carboxylic acids is 1. The number of ether oxygens (including phenoxy) is 1. The molecule has 26 heavy (non-hydrogen) atoms. The lowest BCUT2D eigenvalue weighted by Gasteiger charge is -2.16. The summed E-state index contributed by atoms with van der Waals surface area (Å²) in [5.74, 6) is -0.455. The Kier molecular flexibility index (Phi) is 7.06. The van der Waals surface area contributed by atoms with Crippen molar-refractivity contribution in [2.45, 2.75) is 49.8 Å². The number of anilines is 2. The van der Waals surface area contributed by atoms with Gasteiger partial charge in [-0.3, -0.25) is 10.1 Å². The van der Waals surface area contributed by atoms with E-state index in [1.165, 1.54) is 10.6 Å². The van der Waals surface area contributed by atoms with Crippen LogP contribution in [0.1, 0.15) is 25.5 Å². The van der Waals surface area contributed by atoms with Crippen LogP contribution in [0.2, 0.25) is 0 Å². The number of nitrogens with zero attached hydrogens (tertiary/aromatic N) is 2. The molecule has 0 bridgehead atoms. The fourth-order valence-corrected chi connectivity index (χ4v) is 2.70. The first-order valence-electron chi connectivity index (χ1n) is 8.37. The second-order valence-corrected chi connectivity index (χ2v) is 6.18. The number of hydrogen-bond donors (Lipinski definition) is 7. The van der Waals surface area contributed by atoms with Gasteiger partial charge in [0.2, 0.25) is 12.0 Å². The normalized spacial score (nSPS) is 26.6. The van der Waals surface area contributed by atoms with Crippen molar-refractivity contribution < 1.29 is 34.5 Å². The third kappa shape index (κ3) is 4.77. The lowest BCUT2D eigenvalue weighted by molar-refractivity contribution is -0.755. The minimum Gasteiger partial charge on any atom is -0.480 e. The molecule has 1 fully saturated rings. The summed E-state index contributed by atoms with van der Waals surface area (Å²) in [7, 11) is 0. The molecule has 0 saturated carbocycles. The smallest absolute Gasteiger partial charge is 0.395 e. The van der Waals surface area contributed by atoms with E-state index in [0.29, 0.717) is 31.8 Å².